The number of hydrogen-bond donors (Lipinski definition) is 0. The van der Waals surface area contributed by atoms with Crippen molar-refractivity contribution in [3.05, 3.63) is 336 Å². The topological polar surface area (TPSA) is 140 Å². The molecule has 0 spiro atoms. The Labute approximate surface area is 695 Å². The number of rotatable bonds is 28. The number of aryl methyl sites for hydroxylation is 4. The molecule has 0 unspecified atom stereocenters. The molecule has 0 fully saturated rings. The van der Waals surface area contributed by atoms with Gasteiger partial charge in [0.05, 0.1) is 106 Å². The van der Waals surface area contributed by atoms with E-state index in [1.165, 1.54) is 22.3 Å². The summed E-state index contributed by atoms with van der Waals surface area (Å²) in [6, 6.07) is 61.9. The van der Waals surface area contributed by atoms with Gasteiger partial charge in [0.15, 0.2) is 23.1 Å². The molecule has 2 aliphatic rings. The second-order valence-electron chi connectivity index (χ2n) is 25.7. The van der Waals surface area contributed by atoms with Gasteiger partial charge in [0.2, 0.25) is 25.3 Å². The molecule has 0 bridgehead atoms. The number of halogens is 14. The first kappa shape index (κ1) is 91.1. The summed E-state index contributed by atoms with van der Waals surface area (Å²) in [5.74, 6) is 0.656. The van der Waals surface area contributed by atoms with Crippen LogP contribution in [0, 0.1) is 25.3 Å². The molecule has 34 heteroatoms. The van der Waals surface area contributed by atoms with Crippen molar-refractivity contribution in [2.45, 2.75) is 78.0 Å². The summed E-state index contributed by atoms with van der Waals surface area (Å²) in [6.45, 7) is 7.30. The van der Waals surface area contributed by atoms with Gasteiger partial charge >= 0.3 is 111 Å². The van der Waals surface area contributed by atoms with Gasteiger partial charge in [0.1, 0.15) is 23.0 Å². The fraction of sp³-hybridized carbons (Fsp3) is 0.210. The summed E-state index contributed by atoms with van der Waals surface area (Å²) >= 11 is 9.53. The Balaban J connectivity index is 0.000000236. The van der Waals surface area contributed by atoms with Crippen LogP contribution in [0.5, 0.6) is 23.0 Å². The maximum Gasteiger partial charge on any atom is 1.00 e. The molecule has 0 aliphatic heterocycles. The van der Waals surface area contributed by atoms with Gasteiger partial charge in [0.25, 0.3) is 0 Å². The van der Waals surface area contributed by atoms with Gasteiger partial charge in [-0.05, 0) is 96.1 Å². The van der Waals surface area contributed by atoms with Gasteiger partial charge in [-0.1, -0.05) is 170 Å². The first-order valence-corrected chi connectivity index (χ1v) is 40.2. The van der Waals surface area contributed by atoms with Crippen LogP contribution >= 0.6 is 38.8 Å². The van der Waals surface area contributed by atoms with E-state index in [1.807, 2.05) is 159 Å². The summed E-state index contributed by atoms with van der Waals surface area (Å²) in [5.41, 5.74) is 7.46. The molecule has 4 aromatic heterocycles. The number of aromatic nitrogens is 8. The molecule has 115 heavy (non-hydrogen) atoms. The summed E-state index contributed by atoms with van der Waals surface area (Å²) in [7, 11) is -21.3. The number of imidazole rings is 4. The number of ether oxygens (including phenoxy) is 4. The molecule has 0 radical (unpaired) electrons. The van der Waals surface area contributed by atoms with Gasteiger partial charge in [-0.25, -0.2) is 0 Å². The fourth-order valence-corrected chi connectivity index (χ4v) is 12.0. The van der Waals surface area contributed by atoms with Crippen molar-refractivity contribution in [1.29, 1.82) is 0 Å². The average molecular weight is 1860 g/mol. The minimum absolute atomic E-state index is 0. The number of carbonyl (C=O) groups is 4. The second-order valence-corrected chi connectivity index (χ2v) is 30.3. The zero-order valence-corrected chi connectivity index (χ0v) is 67.0. The maximum absolute atomic E-state index is 13.8. The maximum atomic E-state index is 13.8. The molecular weight excluding hydrogens is 1790 g/mol. The summed E-state index contributed by atoms with van der Waals surface area (Å²) < 4.78 is 159. The number of ketones is 4. The van der Waals surface area contributed by atoms with E-state index in [2.05, 4.69) is 73.8 Å². The monoisotopic (exact) mass is 1860 g/mol. The molecule has 0 saturated carbocycles. The number of hydrogen-bond acceptors (Lipinski definition) is 8. The molecule has 14 rings (SSSR count). The third-order valence-corrected chi connectivity index (χ3v) is 16.7. The molecular formula is C81H74Ag2Cl2F12N8O8P2. The molecule has 16 nitrogen and oxygen atoms in total. The Bertz CT molecular complexity index is 4620. The van der Waals surface area contributed by atoms with Crippen molar-refractivity contribution < 1.29 is 152 Å². The zero-order valence-electron chi connectivity index (χ0n) is 60.7. The number of nitrogens with zero attached hydrogens (tertiary/aromatic N) is 8. The van der Waals surface area contributed by atoms with Gasteiger partial charge in [-0.2, -0.15) is 0 Å². The molecule has 12 aromatic rings. The minimum Gasteiger partial charge on any atom is -0.493 e. The molecule has 616 valence electrons. The van der Waals surface area contributed by atoms with Crippen molar-refractivity contribution in [3.63, 3.8) is 0 Å². The van der Waals surface area contributed by atoms with Crippen molar-refractivity contribution in [2.75, 3.05) is 31.8 Å². The van der Waals surface area contributed by atoms with Crippen molar-refractivity contribution in [1.82, 2.24) is 18.3 Å². The van der Waals surface area contributed by atoms with Crippen LogP contribution in [-0.4, -0.2) is 73.2 Å². The van der Waals surface area contributed by atoms with E-state index in [-0.39, 0.29) is 95.5 Å². The molecule has 0 atom stereocenters. The van der Waals surface area contributed by atoms with Gasteiger partial charge in [-0.15, -0.1) is 23.2 Å². The second kappa shape index (κ2) is 39.0. The van der Waals surface area contributed by atoms with E-state index in [4.69, 9.17) is 42.1 Å². The average Bonchev–Trinajstić information content (AvgIpc) is 1.62. The predicted octanol–water partition coefficient (Wildman–Crippen LogP) is 18.7. The summed E-state index contributed by atoms with van der Waals surface area (Å²) in [6.07, 6.45) is 32.2. The fourth-order valence-electron chi connectivity index (χ4n) is 12.0. The normalized spacial score (nSPS) is 13.1. The van der Waals surface area contributed by atoms with Crippen LogP contribution < -0.4 is 37.2 Å². The SMILES string of the molecule is ClCCl.F[P-](F)(F)(F)(F)F.F[P-](F)(F)(F)(F)F.O=C1c2ccccc2C(=O)c2c(OCCC[n+]3[c-]n(Cc4ccccc4)cc3)ccc(OCCC[n+]3[c-]n(Cc4ccccc4)cc3)c21.O=C1c2ccccc2C(=O)c2c(OCCCn3[c-][n+](Cc4ccccc4)cc3)ccc(OCCCn3[c-][n+](Cc4ccccc4)cc3)c21.[Ag+].[Ag+]. The first-order chi connectivity index (χ1) is 53.6. The van der Waals surface area contributed by atoms with Gasteiger partial charge < -0.3 is 55.5 Å². The largest absolute Gasteiger partial charge is 1.00 e. The van der Waals surface area contributed by atoms with Crippen LogP contribution in [0.3, 0.4) is 0 Å². The van der Waals surface area contributed by atoms with E-state index in [9.17, 15) is 69.5 Å². The van der Waals surface area contributed by atoms with Crippen LogP contribution in [-0.2, 0) is 97.1 Å². The standard InChI is InChI=1S/2C40H36N4O4.CH2Cl2.2Ag.2F6P/c2*45-39-33-15-7-8-16-34(33)40(46)38-36(48-26-10-20-42-22-24-44(30-42)28-32-13-5-2-6-14-32)18-17-35(37(38)39)47-25-9-19-41-21-23-43(29-41)27-31-11-3-1-4-12-31;2-1-3;;;2*1-7(2,3,4,5)6/h2*1-8,11-18,21-24H,9-10,19-20,25-28H2;1H2;;;;/q;;;2*+1;2*-1. The predicted molar refractivity (Wildman–Crippen MR) is 400 cm³/mol. The molecule has 0 saturated heterocycles. The molecule has 4 heterocycles. The Morgan fingerprint density at radius 2 is 0.539 bits per heavy atom. The van der Waals surface area contributed by atoms with Gasteiger partial charge in [-0.3, -0.25) is 19.2 Å². The summed E-state index contributed by atoms with van der Waals surface area (Å²) in [4.78, 5) is 55.1. The van der Waals surface area contributed by atoms with E-state index in [1.54, 1.807) is 72.8 Å². The Kier molecular flexibility index (Phi) is 30.9. The van der Waals surface area contributed by atoms with Crippen LogP contribution in [0.25, 0.3) is 0 Å². The van der Waals surface area contributed by atoms with E-state index in [0.29, 0.717) is 124 Å². The Morgan fingerprint density at radius 3 is 0.817 bits per heavy atom. The van der Waals surface area contributed by atoms with Crippen LogP contribution in [0.15, 0.2) is 244 Å². The third kappa shape index (κ3) is 30.3. The smallest absolute Gasteiger partial charge is 0.493 e. The quantitative estimate of drug-likeness (QED) is 0.00898. The number of benzene rings is 8. The first-order valence-electron chi connectivity index (χ1n) is 35.1. The third-order valence-electron chi connectivity index (χ3n) is 16.7. The van der Waals surface area contributed by atoms with Gasteiger partial charge in [0, 0.05) is 47.9 Å². The van der Waals surface area contributed by atoms with E-state index in [0.717, 1.165) is 26.2 Å². The Morgan fingerprint density at radius 1 is 0.313 bits per heavy atom. The molecule has 8 aromatic carbocycles. The Hall–Kier alpha value is -9.44. The van der Waals surface area contributed by atoms with E-state index < -0.39 is 15.6 Å². The summed E-state index contributed by atoms with van der Waals surface area (Å²) in [5, 5.41) is 0.194. The van der Waals surface area contributed by atoms with Crippen molar-refractivity contribution in [2.24, 2.45) is 0 Å². The zero-order chi connectivity index (χ0) is 80.9. The van der Waals surface area contributed by atoms with E-state index >= 15 is 0 Å². The molecule has 2 aliphatic carbocycles. The molecule has 0 amide bonds. The number of carbonyl (C=O) groups excluding carboxylic acids is 4. The van der Waals surface area contributed by atoms with Crippen LogP contribution in [0.2, 0.25) is 0 Å². The number of fused-ring (bicyclic) bond motifs is 4. The van der Waals surface area contributed by atoms with Crippen molar-refractivity contribution in [3.8, 4) is 23.0 Å². The minimum atomic E-state index is -10.7. The van der Waals surface area contributed by atoms with Crippen LogP contribution in [0.1, 0.15) is 112 Å². The van der Waals surface area contributed by atoms with Crippen LogP contribution in [0.4, 0.5) is 50.4 Å². The molecule has 0 N–H and O–H groups in total. The number of alkyl halides is 2. The van der Waals surface area contributed by atoms with Crippen molar-refractivity contribution >= 4 is 62.0 Å².